The number of carbonyl (C=O) groups is 1. The molecule has 2 aromatic rings. The standard InChI is InChI=1S/C17H23N7O2/c1-26-17(25)23-6-4-11(8-23)13-7-14(22-5-2-3-12(18)9-22)15-16(19)20-10-21-24(13)15/h4,7,10,12H,2-3,5-6,8-9,18H2,1H3,(H2,19,20,21)/t12-/m1/s1. The summed E-state index contributed by atoms with van der Waals surface area (Å²) in [4.78, 5) is 19.8. The lowest BCUT2D eigenvalue weighted by Crippen LogP contribution is -2.42. The van der Waals surface area contributed by atoms with Crippen LogP contribution < -0.4 is 16.4 Å². The molecule has 1 fully saturated rings. The average Bonchev–Trinajstić information content (AvgIpc) is 3.26. The molecule has 9 heteroatoms. The van der Waals surface area contributed by atoms with Gasteiger partial charge in [-0.15, -0.1) is 0 Å². The van der Waals surface area contributed by atoms with Crippen LogP contribution in [0.4, 0.5) is 16.3 Å². The number of fused-ring (bicyclic) bond motifs is 1. The van der Waals surface area contributed by atoms with Gasteiger partial charge in [-0.2, -0.15) is 5.10 Å². The highest BCUT2D eigenvalue weighted by atomic mass is 16.5. The SMILES string of the molecule is COC(=O)N1CC=C(c2cc(N3CCC[C@@H](N)C3)c3c(N)ncnn23)C1. The zero-order chi connectivity index (χ0) is 18.3. The second-order valence-electron chi connectivity index (χ2n) is 6.75. The molecule has 26 heavy (non-hydrogen) atoms. The lowest BCUT2D eigenvalue weighted by molar-refractivity contribution is 0.135. The van der Waals surface area contributed by atoms with Gasteiger partial charge in [-0.25, -0.2) is 14.3 Å². The molecular formula is C17H23N7O2. The minimum absolute atomic E-state index is 0.147. The fourth-order valence-electron chi connectivity index (χ4n) is 3.76. The number of ether oxygens (including phenoxy) is 1. The van der Waals surface area contributed by atoms with Crippen molar-refractivity contribution < 1.29 is 9.53 Å². The van der Waals surface area contributed by atoms with E-state index in [1.807, 2.05) is 10.6 Å². The van der Waals surface area contributed by atoms with Gasteiger partial charge in [-0.3, -0.25) is 0 Å². The number of hydrogen-bond acceptors (Lipinski definition) is 7. The van der Waals surface area contributed by atoms with Gasteiger partial charge in [0.2, 0.25) is 0 Å². The van der Waals surface area contributed by atoms with Gasteiger partial charge in [0.05, 0.1) is 25.0 Å². The van der Waals surface area contributed by atoms with Crippen LogP contribution in [-0.2, 0) is 4.74 Å². The number of carbonyl (C=O) groups excluding carboxylic acids is 1. The number of piperidine rings is 1. The second-order valence-corrected chi connectivity index (χ2v) is 6.75. The number of nitrogens with zero attached hydrogens (tertiary/aromatic N) is 5. The van der Waals surface area contributed by atoms with Crippen LogP contribution in [0, 0.1) is 0 Å². The van der Waals surface area contributed by atoms with E-state index >= 15 is 0 Å². The van der Waals surface area contributed by atoms with Gasteiger partial charge in [-0.05, 0) is 24.5 Å². The van der Waals surface area contributed by atoms with Gasteiger partial charge in [0.1, 0.15) is 11.8 Å². The van der Waals surface area contributed by atoms with Crippen LogP contribution in [0.2, 0.25) is 0 Å². The molecule has 2 aliphatic rings. The Balaban J connectivity index is 1.75. The van der Waals surface area contributed by atoms with Crippen LogP contribution >= 0.6 is 0 Å². The lowest BCUT2D eigenvalue weighted by Gasteiger charge is -2.32. The molecule has 1 atom stereocenters. The van der Waals surface area contributed by atoms with E-state index in [0.717, 1.165) is 48.4 Å². The molecule has 2 aliphatic heterocycles. The smallest absolute Gasteiger partial charge is 0.410 e. The topological polar surface area (TPSA) is 115 Å². The quantitative estimate of drug-likeness (QED) is 0.813. The summed E-state index contributed by atoms with van der Waals surface area (Å²) in [6.45, 7) is 2.69. The number of nitrogen functional groups attached to an aromatic ring is 1. The van der Waals surface area contributed by atoms with E-state index in [9.17, 15) is 4.79 Å². The summed E-state index contributed by atoms with van der Waals surface area (Å²) in [6.07, 6.45) is 5.20. The van der Waals surface area contributed by atoms with Crippen LogP contribution in [-0.4, -0.2) is 64.9 Å². The van der Waals surface area contributed by atoms with Crippen molar-refractivity contribution in [2.45, 2.75) is 18.9 Å². The lowest BCUT2D eigenvalue weighted by atomic mass is 10.1. The fourth-order valence-corrected chi connectivity index (χ4v) is 3.76. The number of methoxy groups -OCH3 is 1. The Morgan fingerprint density at radius 2 is 2.27 bits per heavy atom. The summed E-state index contributed by atoms with van der Waals surface area (Å²) in [5.41, 5.74) is 16.0. The van der Waals surface area contributed by atoms with E-state index in [4.69, 9.17) is 16.2 Å². The highest BCUT2D eigenvalue weighted by Gasteiger charge is 2.27. The molecule has 9 nitrogen and oxygen atoms in total. The Hall–Kier alpha value is -2.81. The van der Waals surface area contributed by atoms with Crippen molar-refractivity contribution in [3.05, 3.63) is 24.2 Å². The van der Waals surface area contributed by atoms with Crippen molar-refractivity contribution in [2.24, 2.45) is 5.73 Å². The third-order valence-electron chi connectivity index (χ3n) is 5.04. The molecule has 0 saturated carbocycles. The molecule has 0 aliphatic carbocycles. The molecule has 1 amide bonds. The van der Waals surface area contributed by atoms with Gasteiger partial charge < -0.3 is 26.0 Å². The van der Waals surface area contributed by atoms with E-state index in [1.54, 1.807) is 4.90 Å². The first kappa shape index (κ1) is 16.6. The summed E-state index contributed by atoms with van der Waals surface area (Å²) in [7, 11) is 1.39. The Bertz CT molecular complexity index is 875. The minimum atomic E-state index is -0.339. The Kier molecular flexibility index (Phi) is 4.15. The zero-order valence-corrected chi connectivity index (χ0v) is 14.8. The van der Waals surface area contributed by atoms with E-state index in [0.29, 0.717) is 18.9 Å². The maximum Gasteiger partial charge on any atom is 0.410 e. The molecular weight excluding hydrogens is 334 g/mol. The molecule has 4 N–H and O–H groups in total. The van der Waals surface area contributed by atoms with Gasteiger partial charge in [0, 0.05) is 25.7 Å². The molecule has 4 heterocycles. The number of hydrogen-bond donors (Lipinski definition) is 2. The van der Waals surface area contributed by atoms with E-state index in [-0.39, 0.29) is 12.1 Å². The molecule has 0 spiro atoms. The van der Waals surface area contributed by atoms with E-state index in [2.05, 4.69) is 21.0 Å². The number of nitrogens with two attached hydrogens (primary N) is 2. The van der Waals surface area contributed by atoms with Crippen LogP contribution in [0.25, 0.3) is 11.1 Å². The summed E-state index contributed by atoms with van der Waals surface area (Å²) in [5, 5.41) is 4.40. The Labute approximate surface area is 151 Å². The van der Waals surface area contributed by atoms with Crippen molar-refractivity contribution in [1.82, 2.24) is 19.5 Å². The predicted molar refractivity (Wildman–Crippen MR) is 98.8 cm³/mol. The molecule has 138 valence electrons. The minimum Gasteiger partial charge on any atom is -0.453 e. The summed E-state index contributed by atoms with van der Waals surface area (Å²) < 4.78 is 6.63. The summed E-state index contributed by atoms with van der Waals surface area (Å²) in [5.74, 6) is 0.434. The highest BCUT2D eigenvalue weighted by molar-refractivity contribution is 5.88. The number of rotatable bonds is 2. The van der Waals surface area contributed by atoms with E-state index in [1.165, 1.54) is 13.4 Å². The van der Waals surface area contributed by atoms with Crippen molar-refractivity contribution in [2.75, 3.05) is 43.9 Å². The van der Waals surface area contributed by atoms with Gasteiger partial charge >= 0.3 is 6.09 Å². The maximum atomic E-state index is 11.8. The Morgan fingerprint density at radius 1 is 1.42 bits per heavy atom. The van der Waals surface area contributed by atoms with Crippen LogP contribution in [0.3, 0.4) is 0 Å². The first-order chi connectivity index (χ1) is 12.6. The van der Waals surface area contributed by atoms with Crippen molar-refractivity contribution in [3.8, 4) is 0 Å². The van der Waals surface area contributed by atoms with Gasteiger partial charge in [-0.1, -0.05) is 6.08 Å². The fraction of sp³-hybridized carbons (Fsp3) is 0.471. The largest absolute Gasteiger partial charge is 0.453 e. The van der Waals surface area contributed by atoms with Crippen molar-refractivity contribution >= 4 is 28.7 Å². The molecule has 0 aromatic carbocycles. The normalized spacial score (nSPS) is 20.5. The van der Waals surface area contributed by atoms with Gasteiger partial charge in [0.25, 0.3) is 0 Å². The second kappa shape index (κ2) is 6.49. The summed E-state index contributed by atoms with van der Waals surface area (Å²) >= 11 is 0. The molecule has 4 rings (SSSR count). The average molecular weight is 357 g/mol. The zero-order valence-electron chi connectivity index (χ0n) is 14.8. The number of amides is 1. The third-order valence-corrected chi connectivity index (χ3v) is 5.04. The van der Waals surface area contributed by atoms with Crippen molar-refractivity contribution in [3.63, 3.8) is 0 Å². The van der Waals surface area contributed by atoms with E-state index < -0.39 is 0 Å². The first-order valence-electron chi connectivity index (χ1n) is 8.73. The molecule has 1 saturated heterocycles. The Morgan fingerprint density at radius 3 is 3.04 bits per heavy atom. The first-order valence-corrected chi connectivity index (χ1v) is 8.73. The molecule has 0 bridgehead atoms. The third kappa shape index (κ3) is 2.74. The molecule has 2 aromatic heterocycles. The monoisotopic (exact) mass is 357 g/mol. The maximum absolute atomic E-state index is 11.8. The summed E-state index contributed by atoms with van der Waals surface area (Å²) in [6, 6.07) is 2.22. The number of anilines is 2. The van der Waals surface area contributed by atoms with Crippen LogP contribution in [0.5, 0.6) is 0 Å². The van der Waals surface area contributed by atoms with Crippen LogP contribution in [0.15, 0.2) is 18.5 Å². The molecule has 0 radical (unpaired) electrons. The predicted octanol–water partition coefficient (Wildman–Crippen LogP) is 0.704. The highest BCUT2D eigenvalue weighted by Crippen LogP contribution is 2.34. The van der Waals surface area contributed by atoms with Crippen molar-refractivity contribution in [1.29, 1.82) is 0 Å². The molecule has 0 unspecified atom stereocenters. The van der Waals surface area contributed by atoms with Crippen LogP contribution in [0.1, 0.15) is 18.5 Å². The number of aromatic nitrogens is 3. The van der Waals surface area contributed by atoms with Gasteiger partial charge in [0.15, 0.2) is 5.82 Å².